The third kappa shape index (κ3) is 7.34. The Hall–Kier alpha value is -0.230. The third-order valence-corrected chi connectivity index (χ3v) is 4.21. The van der Waals surface area contributed by atoms with Gasteiger partial charge in [-0.3, -0.25) is 4.90 Å². The maximum Gasteiger partial charge on any atom is 0.0900 e. The molecule has 0 spiro atoms. The van der Waals surface area contributed by atoms with Crippen molar-refractivity contribution in [1.29, 1.82) is 0 Å². The fourth-order valence-electron chi connectivity index (χ4n) is 2.75. The maximum atomic E-state index is 10.0. The van der Waals surface area contributed by atoms with E-state index in [-0.39, 0.29) is 30.9 Å². The Morgan fingerprint density at radius 2 is 1.79 bits per heavy atom. The number of aliphatic hydroxyl groups excluding tert-OH is 1. The summed E-state index contributed by atoms with van der Waals surface area (Å²) in [5.41, 5.74) is 2.47. The number of piperazine rings is 1. The molecule has 0 aromatic heterocycles. The molecule has 1 atom stereocenters. The summed E-state index contributed by atoms with van der Waals surface area (Å²) in [4.78, 5) is 4.67. The summed E-state index contributed by atoms with van der Waals surface area (Å²) in [7, 11) is 0. The lowest BCUT2D eigenvalue weighted by atomic mass is 10.1. The van der Waals surface area contributed by atoms with Gasteiger partial charge >= 0.3 is 0 Å². The van der Waals surface area contributed by atoms with Crippen LogP contribution in [0.4, 0.5) is 5.69 Å². The minimum absolute atomic E-state index is 0. The van der Waals surface area contributed by atoms with Gasteiger partial charge in [-0.2, -0.15) is 0 Å². The first-order valence-electron chi connectivity index (χ1n) is 7.99. The quantitative estimate of drug-likeness (QED) is 0.795. The molecule has 1 aromatic carbocycles. The zero-order chi connectivity index (χ0) is 16.1. The molecule has 0 bridgehead atoms. The first-order valence-corrected chi connectivity index (χ1v) is 8.36. The molecule has 0 saturated carbocycles. The second-order valence-electron chi connectivity index (χ2n) is 6.25. The van der Waals surface area contributed by atoms with Crippen molar-refractivity contribution in [3.8, 4) is 0 Å². The molecule has 140 valence electrons. The molecule has 1 unspecified atom stereocenters. The largest absolute Gasteiger partial charge is 0.389 e. The van der Waals surface area contributed by atoms with Gasteiger partial charge in [0.25, 0.3) is 0 Å². The lowest BCUT2D eigenvalue weighted by Gasteiger charge is -2.37. The van der Waals surface area contributed by atoms with Crippen LogP contribution in [0.1, 0.15) is 19.4 Å². The van der Waals surface area contributed by atoms with E-state index >= 15 is 0 Å². The van der Waals surface area contributed by atoms with E-state index in [0.29, 0.717) is 13.2 Å². The van der Waals surface area contributed by atoms with Crippen LogP contribution in [-0.2, 0) is 4.74 Å². The molecule has 1 N–H and O–H groups in total. The van der Waals surface area contributed by atoms with Gasteiger partial charge in [0.15, 0.2) is 0 Å². The Morgan fingerprint density at radius 1 is 1.17 bits per heavy atom. The van der Waals surface area contributed by atoms with Gasteiger partial charge in [0.1, 0.15) is 0 Å². The number of aliphatic hydroxyl groups is 1. The normalized spacial score (nSPS) is 16.5. The summed E-state index contributed by atoms with van der Waals surface area (Å²) in [6.07, 6.45) is -0.251. The van der Waals surface area contributed by atoms with Gasteiger partial charge < -0.3 is 14.7 Å². The van der Waals surface area contributed by atoms with Crippen molar-refractivity contribution in [3.63, 3.8) is 0 Å². The molecule has 2 rings (SSSR count). The SMILES string of the molecule is Cc1ccc(Cl)cc1N1CCN(CC(O)COC(C)C)CC1.Cl.Cl. The van der Waals surface area contributed by atoms with Crippen molar-refractivity contribution < 1.29 is 9.84 Å². The number of anilines is 1. The minimum atomic E-state index is -0.415. The lowest BCUT2D eigenvalue weighted by Crippen LogP contribution is -2.49. The summed E-state index contributed by atoms with van der Waals surface area (Å²) < 4.78 is 5.46. The summed E-state index contributed by atoms with van der Waals surface area (Å²) in [6, 6.07) is 6.04. The highest BCUT2D eigenvalue weighted by atomic mass is 35.5. The Kier molecular flexibility index (Phi) is 11.3. The number of ether oxygens (including phenoxy) is 1. The van der Waals surface area contributed by atoms with E-state index in [0.717, 1.165) is 31.2 Å². The topological polar surface area (TPSA) is 35.9 Å². The number of hydrogen-bond acceptors (Lipinski definition) is 4. The number of halogens is 3. The molecule has 0 amide bonds. The Morgan fingerprint density at radius 3 is 2.38 bits per heavy atom. The number of hydrogen-bond donors (Lipinski definition) is 1. The van der Waals surface area contributed by atoms with Crippen molar-refractivity contribution in [2.75, 3.05) is 44.2 Å². The van der Waals surface area contributed by atoms with E-state index in [1.54, 1.807) is 0 Å². The van der Waals surface area contributed by atoms with Crippen molar-refractivity contribution >= 4 is 42.1 Å². The molecule has 1 heterocycles. The highest BCUT2D eigenvalue weighted by Crippen LogP contribution is 2.25. The van der Waals surface area contributed by atoms with Crippen LogP contribution in [0, 0.1) is 6.92 Å². The molecule has 0 radical (unpaired) electrons. The fraction of sp³-hybridized carbons (Fsp3) is 0.647. The van der Waals surface area contributed by atoms with Crippen LogP contribution in [0.5, 0.6) is 0 Å². The van der Waals surface area contributed by atoms with Gasteiger partial charge in [0.2, 0.25) is 0 Å². The van der Waals surface area contributed by atoms with E-state index < -0.39 is 6.10 Å². The van der Waals surface area contributed by atoms with Crippen LogP contribution >= 0.6 is 36.4 Å². The Bertz CT molecular complexity index is 481. The molecule has 1 aliphatic heterocycles. The van der Waals surface area contributed by atoms with Crippen LogP contribution in [0.2, 0.25) is 5.02 Å². The summed E-state index contributed by atoms with van der Waals surface area (Å²) in [6.45, 7) is 11.0. The van der Waals surface area contributed by atoms with Crippen molar-refractivity contribution in [1.82, 2.24) is 4.90 Å². The van der Waals surface area contributed by atoms with Crippen molar-refractivity contribution in [2.24, 2.45) is 0 Å². The third-order valence-electron chi connectivity index (χ3n) is 3.98. The van der Waals surface area contributed by atoms with Gasteiger partial charge in [-0.25, -0.2) is 0 Å². The van der Waals surface area contributed by atoms with E-state index in [4.69, 9.17) is 16.3 Å². The average molecular weight is 400 g/mol. The van der Waals surface area contributed by atoms with E-state index in [9.17, 15) is 5.11 Å². The Balaban J connectivity index is 0.00000264. The second-order valence-corrected chi connectivity index (χ2v) is 6.69. The molecule has 1 aromatic rings. The first kappa shape index (κ1) is 23.8. The van der Waals surface area contributed by atoms with Gasteiger partial charge in [-0.05, 0) is 38.5 Å². The zero-order valence-corrected chi connectivity index (χ0v) is 17.0. The highest BCUT2D eigenvalue weighted by Gasteiger charge is 2.20. The number of benzene rings is 1. The zero-order valence-electron chi connectivity index (χ0n) is 14.6. The molecule has 1 saturated heterocycles. The second kappa shape index (κ2) is 11.4. The van der Waals surface area contributed by atoms with Gasteiger partial charge in [-0.1, -0.05) is 17.7 Å². The molecular formula is C17H29Cl3N2O2. The molecule has 7 heteroatoms. The molecule has 1 fully saturated rings. The van der Waals surface area contributed by atoms with Gasteiger partial charge in [0.05, 0.1) is 18.8 Å². The Labute approximate surface area is 162 Å². The summed E-state index contributed by atoms with van der Waals surface area (Å²) in [5, 5.41) is 10.8. The van der Waals surface area contributed by atoms with E-state index in [1.165, 1.54) is 11.3 Å². The molecule has 0 aliphatic carbocycles. The molecule has 1 aliphatic rings. The first-order chi connectivity index (χ1) is 10.5. The summed E-state index contributed by atoms with van der Waals surface area (Å²) >= 11 is 6.11. The summed E-state index contributed by atoms with van der Waals surface area (Å²) in [5.74, 6) is 0. The molecule has 24 heavy (non-hydrogen) atoms. The molecule has 4 nitrogen and oxygen atoms in total. The predicted molar refractivity (Wildman–Crippen MR) is 106 cm³/mol. The molecular weight excluding hydrogens is 371 g/mol. The van der Waals surface area contributed by atoms with E-state index in [1.807, 2.05) is 26.0 Å². The fourth-order valence-corrected chi connectivity index (χ4v) is 2.92. The van der Waals surface area contributed by atoms with Gasteiger partial charge in [0, 0.05) is 43.4 Å². The highest BCUT2D eigenvalue weighted by molar-refractivity contribution is 6.30. The standard InChI is InChI=1S/C17H27ClN2O2.2ClH/c1-13(2)22-12-16(21)11-19-6-8-20(9-7-19)17-10-15(18)5-4-14(17)3;;/h4-5,10,13,16,21H,6-9,11-12H2,1-3H3;2*1H. The smallest absolute Gasteiger partial charge is 0.0900 e. The van der Waals surface area contributed by atoms with Crippen molar-refractivity contribution in [3.05, 3.63) is 28.8 Å². The van der Waals surface area contributed by atoms with Crippen LogP contribution in [0.3, 0.4) is 0 Å². The van der Waals surface area contributed by atoms with Crippen LogP contribution in [0.15, 0.2) is 18.2 Å². The number of β-amino-alcohol motifs (C(OH)–C–C–N with tert-alkyl or cyclic N) is 1. The van der Waals surface area contributed by atoms with Crippen LogP contribution in [-0.4, -0.2) is 61.5 Å². The lowest BCUT2D eigenvalue weighted by molar-refractivity contribution is -0.00899. The maximum absolute atomic E-state index is 10.0. The number of aryl methyl sites for hydroxylation is 1. The van der Waals surface area contributed by atoms with Crippen LogP contribution < -0.4 is 4.90 Å². The van der Waals surface area contributed by atoms with E-state index in [2.05, 4.69) is 22.8 Å². The monoisotopic (exact) mass is 398 g/mol. The average Bonchev–Trinajstić information content (AvgIpc) is 2.48. The number of rotatable bonds is 6. The number of nitrogens with zero attached hydrogens (tertiary/aromatic N) is 2. The van der Waals surface area contributed by atoms with Gasteiger partial charge in [-0.15, -0.1) is 24.8 Å². The predicted octanol–water partition coefficient (Wildman–Crippen LogP) is 3.40. The van der Waals surface area contributed by atoms with Crippen LogP contribution in [0.25, 0.3) is 0 Å². The van der Waals surface area contributed by atoms with Crippen molar-refractivity contribution in [2.45, 2.75) is 33.0 Å². The minimum Gasteiger partial charge on any atom is -0.389 e.